The van der Waals surface area contributed by atoms with Gasteiger partial charge in [0.1, 0.15) is 23.6 Å². The minimum atomic E-state index is -1.15. The lowest BCUT2D eigenvalue weighted by Gasteiger charge is -2.32. The Kier molecular flexibility index (Phi) is 7.97. The summed E-state index contributed by atoms with van der Waals surface area (Å²) in [5, 5.41) is 23.5. The summed E-state index contributed by atoms with van der Waals surface area (Å²) < 4.78 is 1.74. The van der Waals surface area contributed by atoms with Crippen LogP contribution in [0.5, 0.6) is 0 Å². The second-order valence-electron chi connectivity index (χ2n) is 10.8. The Labute approximate surface area is 239 Å². The molecule has 4 aromatic rings. The molecule has 0 aliphatic carbocycles. The number of aliphatic hydroxyl groups is 1. The van der Waals surface area contributed by atoms with Crippen molar-refractivity contribution < 1.29 is 9.90 Å². The van der Waals surface area contributed by atoms with E-state index in [-0.39, 0.29) is 5.91 Å². The zero-order valence-electron chi connectivity index (χ0n) is 24.0. The number of aromatic nitrogens is 5. The van der Waals surface area contributed by atoms with Crippen molar-refractivity contribution >= 4 is 28.9 Å². The molecule has 1 aromatic carbocycles. The monoisotopic (exact) mass is 556 g/mol. The van der Waals surface area contributed by atoms with E-state index in [4.69, 9.17) is 0 Å². The van der Waals surface area contributed by atoms with Gasteiger partial charge in [0.2, 0.25) is 0 Å². The largest absolute Gasteiger partial charge is 0.384 e. The molecule has 4 N–H and O–H groups in total. The van der Waals surface area contributed by atoms with Gasteiger partial charge in [-0.15, -0.1) is 0 Å². The molecular weight excluding hydrogens is 520 g/mol. The van der Waals surface area contributed by atoms with Gasteiger partial charge < -0.3 is 26.1 Å². The molecule has 1 saturated heterocycles. The summed E-state index contributed by atoms with van der Waals surface area (Å²) >= 11 is 0. The predicted octanol–water partition coefficient (Wildman–Crippen LogP) is 3.47. The van der Waals surface area contributed by atoms with Crippen LogP contribution in [0.25, 0.3) is 5.82 Å². The molecule has 12 heteroatoms. The van der Waals surface area contributed by atoms with Crippen molar-refractivity contribution in [3.63, 3.8) is 0 Å². The number of hydrazine groups is 1. The van der Waals surface area contributed by atoms with Gasteiger partial charge in [-0.05, 0) is 64.6 Å². The molecular formula is C29H36N10O2. The maximum Gasteiger partial charge on any atom is 0.255 e. The van der Waals surface area contributed by atoms with Crippen LogP contribution >= 0.6 is 0 Å². The number of rotatable bonds is 8. The fraction of sp³-hybridized carbons (Fsp3) is 0.345. The predicted molar refractivity (Wildman–Crippen MR) is 158 cm³/mol. The van der Waals surface area contributed by atoms with Crippen LogP contribution in [0, 0.1) is 13.8 Å². The third kappa shape index (κ3) is 6.85. The van der Waals surface area contributed by atoms with Gasteiger partial charge in [-0.3, -0.25) is 9.78 Å². The average molecular weight is 557 g/mol. The van der Waals surface area contributed by atoms with E-state index in [1.54, 1.807) is 30.7 Å². The first-order valence-electron chi connectivity index (χ1n) is 13.5. The number of nitrogens with zero attached hydrogens (tertiary/aromatic N) is 7. The van der Waals surface area contributed by atoms with Crippen molar-refractivity contribution in [3.05, 3.63) is 77.5 Å². The van der Waals surface area contributed by atoms with Crippen LogP contribution in [0.4, 0.5) is 23.0 Å². The second-order valence-corrected chi connectivity index (χ2v) is 10.8. The number of piperazine rings is 1. The van der Waals surface area contributed by atoms with Crippen molar-refractivity contribution in [1.29, 1.82) is 0 Å². The number of amides is 1. The van der Waals surface area contributed by atoms with Crippen LogP contribution in [-0.2, 0) is 5.60 Å². The number of likely N-dealkylation sites (N-methyl/N-ethyl adjacent to an activating group) is 1. The molecule has 1 amide bonds. The maximum atomic E-state index is 13.0. The number of pyridine rings is 1. The van der Waals surface area contributed by atoms with E-state index in [1.165, 1.54) is 12.5 Å². The van der Waals surface area contributed by atoms with Crippen molar-refractivity contribution in [2.75, 3.05) is 49.3 Å². The number of nitrogens with one attached hydrogen (secondary N) is 3. The zero-order valence-corrected chi connectivity index (χ0v) is 24.0. The van der Waals surface area contributed by atoms with E-state index in [1.807, 2.05) is 44.2 Å². The molecule has 0 spiro atoms. The Bertz CT molecular complexity index is 1540. The molecule has 5 rings (SSSR count). The van der Waals surface area contributed by atoms with Crippen LogP contribution < -0.4 is 16.1 Å². The molecule has 0 unspecified atom stereocenters. The van der Waals surface area contributed by atoms with Gasteiger partial charge in [0.25, 0.3) is 5.91 Å². The molecule has 214 valence electrons. The van der Waals surface area contributed by atoms with E-state index in [2.05, 4.69) is 53.1 Å². The number of hydrogen-bond donors (Lipinski definition) is 4. The van der Waals surface area contributed by atoms with E-state index in [0.29, 0.717) is 28.6 Å². The molecule has 1 aliphatic heterocycles. The molecule has 0 saturated carbocycles. The van der Waals surface area contributed by atoms with E-state index in [0.717, 1.165) is 48.9 Å². The fourth-order valence-corrected chi connectivity index (χ4v) is 4.45. The van der Waals surface area contributed by atoms with E-state index in [9.17, 15) is 9.90 Å². The average Bonchev–Trinajstić information content (AvgIpc) is 3.31. The quantitative estimate of drug-likeness (QED) is 0.255. The van der Waals surface area contributed by atoms with Gasteiger partial charge in [0.05, 0.1) is 11.4 Å². The van der Waals surface area contributed by atoms with Crippen LogP contribution in [0.1, 0.15) is 41.2 Å². The first-order chi connectivity index (χ1) is 19.5. The van der Waals surface area contributed by atoms with Gasteiger partial charge in [-0.25, -0.2) is 15.0 Å². The number of anilines is 4. The Balaban J connectivity index is 1.34. The van der Waals surface area contributed by atoms with Crippen LogP contribution in [0.15, 0.2) is 55.0 Å². The summed E-state index contributed by atoms with van der Waals surface area (Å²) in [4.78, 5) is 28.3. The minimum absolute atomic E-state index is 0.296. The van der Waals surface area contributed by atoms with E-state index < -0.39 is 5.60 Å². The molecule has 12 nitrogen and oxygen atoms in total. The number of aryl methyl sites for hydroxylation is 2. The summed E-state index contributed by atoms with van der Waals surface area (Å²) in [6.07, 6.45) is 3.05. The molecule has 1 fully saturated rings. The summed E-state index contributed by atoms with van der Waals surface area (Å²) in [5.41, 5.74) is 6.30. The van der Waals surface area contributed by atoms with Crippen LogP contribution in [0.3, 0.4) is 0 Å². The van der Waals surface area contributed by atoms with Crippen molar-refractivity contribution in [1.82, 2.24) is 34.6 Å². The molecule has 4 heterocycles. The lowest BCUT2D eigenvalue weighted by Crippen LogP contribution is -2.47. The van der Waals surface area contributed by atoms with Gasteiger partial charge in [0, 0.05) is 61.4 Å². The SMILES string of the molecule is Cc1cc(Nc2cc(NC(=O)c3ccnc(C(C)(C)O)c3)ccc2C)n(-c2cc(NN3CCN(C)CC3)ncn2)n1. The highest BCUT2D eigenvalue weighted by Gasteiger charge is 2.20. The summed E-state index contributed by atoms with van der Waals surface area (Å²) in [5.74, 6) is 1.75. The standard InChI is InChI=1S/C29H36N10O2/c1-19-6-7-22(33-28(40)21-8-9-30-24(15-21)29(3,4)41)16-23(19)34-27-14-20(2)35-39(27)26-17-25(31-18-32-26)36-38-12-10-37(5)11-13-38/h6-9,14-18,34,41H,10-13H2,1-5H3,(H,33,40)(H,31,32,36). The number of hydrogen-bond acceptors (Lipinski definition) is 10. The topological polar surface area (TPSA) is 136 Å². The number of carbonyl (C=O) groups is 1. The molecule has 1 aliphatic rings. The zero-order chi connectivity index (χ0) is 29.1. The summed E-state index contributed by atoms with van der Waals surface area (Å²) in [6.45, 7) is 11.0. The Morgan fingerprint density at radius 3 is 2.51 bits per heavy atom. The summed E-state index contributed by atoms with van der Waals surface area (Å²) in [6, 6.07) is 12.7. The molecule has 0 atom stereocenters. The highest BCUT2D eigenvalue weighted by Crippen LogP contribution is 2.27. The van der Waals surface area contributed by atoms with Gasteiger partial charge in [-0.2, -0.15) is 9.78 Å². The summed E-state index contributed by atoms with van der Waals surface area (Å²) in [7, 11) is 2.12. The van der Waals surface area contributed by atoms with Gasteiger partial charge in [-0.1, -0.05) is 6.07 Å². The molecule has 41 heavy (non-hydrogen) atoms. The first kappa shape index (κ1) is 28.1. The Morgan fingerprint density at radius 2 is 1.76 bits per heavy atom. The minimum Gasteiger partial charge on any atom is -0.384 e. The smallest absolute Gasteiger partial charge is 0.255 e. The van der Waals surface area contributed by atoms with Crippen LogP contribution in [-0.4, -0.2) is 78.9 Å². The van der Waals surface area contributed by atoms with Crippen molar-refractivity contribution in [2.45, 2.75) is 33.3 Å². The van der Waals surface area contributed by atoms with Crippen LogP contribution in [0.2, 0.25) is 0 Å². The van der Waals surface area contributed by atoms with Crippen molar-refractivity contribution in [2.24, 2.45) is 0 Å². The molecule has 3 aromatic heterocycles. The molecule has 0 bridgehead atoms. The van der Waals surface area contributed by atoms with Gasteiger partial charge >= 0.3 is 0 Å². The highest BCUT2D eigenvalue weighted by atomic mass is 16.3. The lowest BCUT2D eigenvalue weighted by atomic mass is 10.0. The molecule has 0 radical (unpaired) electrons. The highest BCUT2D eigenvalue weighted by molar-refractivity contribution is 6.04. The fourth-order valence-electron chi connectivity index (χ4n) is 4.45. The maximum absolute atomic E-state index is 13.0. The second kappa shape index (κ2) is 11.6. The van der Waals surface area contributed by atoms with Crippen molar-refractivity contribution in [3.8, 4) is 5.82 Å². The lowest BCUT2D eigenvalue weighted by molar-refractivity contribution is 0.0737. The van der Waals surface area contributed by atoms with E-state index >= 15 is 0 Å². The Morgan fingerprint density at radius 1 is 0.976 bits per heavy atom. The number of carbonyl (C=O) groups excluding carboxylic acids is 1. The Hall–Kier alpha value is -4.39. The first-order valence-corrected chi connectivity index (χ1v) is 13.5. The third-order valence-electron chi connectivity index (χ3n) is 6.88. The van der Waals surface area contributed by atoms with Gasteiger partial charge in [0.15, 0.2) is 5.82 Å². The normalized spacial score (nSPS) is 14.6. The third-order valence-corrected chi connectivity index (χ3v) is 6.88. The number of benzene rings is 1.